The molecule has 0 aromatic heterocycles. The molecule has 108 valence electrons. The van der Waals surface area contributed by atoms with Crippen LogP contribution in [0.2, 0.25) is 5.02 Å². The zero-order valence-electron chi connectivity index (χ0n) is 11.1. The van der Waals surface area contributed by atoms with Crippen LogP contribution in [0.4, 0.5) is 0 Å². The quantitative estimate of drug-likeness (QED) is 0.659. The second kappa shape index (κ2) is 7.24. The molecule has 0 spiro atoms. The highest BCUT2D eigenvalue weighted by atomic mass is 79.9. The van der Waals surface area contributed by atoms with Gasteiger partial charge in [0.2, 0.25) is 0 Å². The summed E-state index contributed by atoms with van der Waals surface area (Å²) in [4.78, 5) is 11.9. The fourth-order valence-corrected chi connectivity index (χ4v) is 2.36. The zero-order valence-corrected chi connectivity index (χ0v) is 13.5. The lowest BCUT2D eigenvalue weighted by Gasteiger charge is -2.03. The molecule has 2 rings (SSSR count). The van der Waals surface area contributed by atoms with Crippen molar-refractivity contribution >= 4 is 39.7 Å². The molecule has 0 saturated heterocycles. The molecule has 6 heteroatoms. The average molecular weight is 368 g/mol. The summed E-state index contributed by atoms with van der Waals surface area (Å²) in [6.45, 7) is 0. The standard InChI is InChI=1S/C15H12BrClN2O2/c1-21-14-7-6-10(8-13(14)17)9-18-19-15(20)11-4-2-3-5-12(11)16/h2-9H,1H3,(H,19,20)/b18-9+. The first-order chi connectivity index (χ1) is 10.1. The number of ether oxygens (including phenoxy) is 1. The van der Waals surface area contributed by atoms with Crippen molar-refractivity contribution in [3.05, 3.63) is 63.1 Å². The molecule has 0 bridgehead atoms. The van der Waals surface area contributed by atoms with E-state index in [4.69, 9.17) is 16.3 Å². The van der Waals surface area contributed by atoms with E-state index in [-0.39, 0.29) is 5.91 Å². The molecular formula is C15H12BrClN2O2. The summed E-state index contributed by atoms with van der Waals surface area (Å²) in [6.07, 6.45) is 1.51. The van der Waals surface area contributed by atoms with E-state index in [1.165, 1.54) is 6.21 Å². The van der Waals surface area contributed by atoms with Gasteiger partial charge in [-0.2, -0.15) is 5.10 Å². The van der Waals surface area contributed by atoms with Crippen LogP contribution >= 0.6 is 27.5 Å². The second-order valence-electron chi connectivity index (χ2n) is 4.07. The van der Waals surface area contributed by atoms with Crippen molar-refractivity contribution in [2.24, 2.45) is 5.10 Å². The van der Waals surface area contributed by atoms with Crippen LogP contribution < -0.4 is 10.2 Å². The number of nitrogens with zero attached hydrogens (tertiary/aromatic N) is 1. The number of rotatable bonds is 4. The summed E-state index contributed by atoms with van der Waals surface area (Å²) in [5, 5.41) is 4.40. The molecule has 0 atom stereocenters. The Morgan fingerprint density at radius 2 is 2.10 bits per heavy atom. The minimum atomic E-state index is -0.293. The van der Waals surface area contributed by atoms with E-state index in [0.717, 1.165) is 5.56 Å². The number of methoxy groups -OCH3 is 1. The molecule has 1 N–H and O–H groups in total. The Bertz CT molecular complexity index is 689. The maximum Gasteiger partial charge on any atom is 0.272 e. The molecule has 0 unspecified atom stereocenters. The van der Waals surface area contributed by atoms with Gasteiger partial charge in [0, 0.05) is 4.47 Å². The summed E-state index contributed by atoms with van der Waals surface area (Å²) < 4.78 is 5.78. The number of halogens is 2. The van der Waals surface area contributed by atoms with Crippen molar-refractivity contribution in [1.82, 2.24) is 5.43 Å². The Kier molecular flexibility index (Phi) is 5.36. The van der Waals surface area contributed by atoms with Crippen molar-refractivity contribution in [2.45, 2.75) is 0 Å². The van der Waals surface area contributed by atoms with Gasteiger partial charge in [-0.05, 0) is 51.8 Å². The van der Waals surface area contributed by atoms with Crippen LogP contribution in [0.5, 0.6) is 5.75 Å². The third kappa shape index (κ3) is 4.06. The molecule has 1 amide bonds. The van der Waals surface area contributed by atoms with E-state index in [9.17, 15) is 4.79 Å². The maximum atomic E-state index is 11.9. The smallest absolute Gasteiger partial charge is 0.272 e. The van der Waals surface area contributed by atoms with Gasteiger partial charge >= 0.3 is 0 Å². The summed E-state index contributed by atoms with van der Waals surface area (Å²) in [5.41, 5.74) is 3.74. The minimum Gasteiger partial charge on any atom is -0.495 e. The van der Waals surface area contributed by atoms with Crippen molar-refractivity contribution in [1.29, 1.82) is 0 Å². The number of amides is 1. The first kappa shape index (κ1) is 15.5. The summed E-state index contributed by atoms with van der Waals surface area (Å²) in [7, 11) is 1.55. The lowest BCUT2D eigenvalue weighted by molar-refractivity contribution is 0.0954. The molecule has 0 aliphatic heterocycles. The Morgan fingerprint density at radius 1 is 1.33 bits per heavy atom. The topological polar surface area (TPSA) is 50.7 Å². The van der Waals surface area contributed by atoms with Gasteiger partial charge in [-0.3, -0.25) is 4.79 Å². The predicted molar refractivity (Wildman–Crippen MR) is 87.2 cm³/mol. The molecular weight excluding hydrogens is 356 g/mol. The van der Waals surface area contributed by atoms with Crippen LogP contribution in [-0.4, -0.2) is 19.2 Å². The fourth-order valence-electron chi connectivity index (χ4n) is 1.63. The number of carbonyl (C=O) groups is 1. The van der Waals surface area contributed by atoms with Crippen molar-refractivity contribution in [3.63, 3.8) is 0 Å². The Morgan fingerprint density at radius 3 is 2.76 bits per heavy atom. The number of nitrogens with one attached hydrogen (secondary N) is 1. The molecule has 0 saturated carbocycles. The first-order valence-corrected chi connectivity index (χ1v) is 7.20. The van der Waals surface area contributed by atoms with Gasteiger partial charge in [0.25, 0.3) is 5.91 Å². The minimum absolute atomic E-state index is 0.293. The molecule has 0 aliphatic rings. The molecule has 0 fully saturated rings. The summed E-state index contributed by atoms with van der Waals surface area (Å²) in [6, 6.07) is 12.4. The number of hydrazone groups is 1. The van der Waals surface area contributed by atoms with E-state index >= 15 is 0 Å². The first-order valence-electron chi connectivity index (χ1n) is 6.03. The number of benzene rings is 2. The third-order valence-electron chi connectivity index (χ3n) is 2.67. The van der Waals surface area contributed by atoms with Crippen LogP contribution in [-0.2, 0) is 0 Å². The van der Waals surface area contributed by atoms with Gasteiger partial charge in [-0.25, -0.2) is 5.43 Å². The molecule has 0 heterocycles. The molecule has 0 aliphatic carbocycles. The highest BCUT2D eigenvalue weighted by Gasteiger charge is 2.07. The van der Waals surface area contributed by atoms with E-state index in [0.29, 0.717) is 20.8 Å². The Labute approximate surface area is 135 Å². The molecule has 0 radical (unpaired) electrons. The van der Waals surface area contributed by atoms with Gasteiger partial charge in [0.1, 0.15) is 5.75 Å². The van der Waals surface area contributed by atoms with Crippen LogP contribution in [0.3, 0.4) is 0 Å². The van der Waals surface area contributed by atoms with Crippen molar-refractivity contribution in [2.75, 3.05) is 7.11 Å². The highest BCUT2D eigenvalue weighted by Crippen LogP contribution is 2.24. The van der Waals surface area contributed by atoms with E-state index in [2.05, 4.69) is 26.5 Å². The largest absolute Gasteiger partial charge is 0.495 e. The van der Waals surface area contributed by atoms with Gasteiger partial charge < -0.3 is 4.74 Å². The average Bonchev–Trinajstić information content (AvgIpc) is 2.48. The van der Waals surface area contributed by atoms with Gasteiger partial charge in [0.15, 0.2) is 0 Å². The lowest BCUT2D eigenvalue weighted by atomic mass is 10.2. The normalized spacial score (nSPS) is 10.6. The van der Waals surface area contributed by atoms with Crippen LogP contribution in [0.1, 0.15) is 15.9 Å². The molecule has 21 heavy (non-hydrogen) atoms. The number of hydrogen-bond donors (Lipinski definition) is 1. The summed E-state index contributed by atoms with van der Waals surface area (Å²) >= 11 is 9.32. The van der Waals surface area contributed by atoms with Crippen LogP contribution in [0.15, 0.2) is 52.0 Å². The van der Waals surface area contributed by atoms with Gasteiger partial charge in [-0.15, -0.1) is 0 Å². The fraction of sp³-hybridized carbons (Fsp3) is 0.0667. The van der Waals surface area contributed by atoms with Crippen molar-refractivity contribution in [3.8, 4) is 5.75 Å². The Hall–Kier alpha value is -1.85. The van der Waals surface area contributed by atoms with E-state index in [1.54, 1.807) is 43.5 Å². The van der Waals surface area contributed by atoms with E-state index in [1.807, 2.05) is 6.07 Å². The van der Waals surface area contributed by atoms with Crippen LogP contribution in [0, 0.1) is 0 Å². The third-order valence-corrected chi connectivity index (χ3v) is 3.66. The molecule has 4 nitrogen and oxygen atoms in total. The van der Waals surface area contributed by atoms with Gasteiger partial charge in [0.05, 0.1) is 23.9 Å². The predicted octanol–water partition coefficient (Wildman–Crippen LogP) is 3.88. The van der Waals surface area contributed by atoms with Gasteiger partial charge in [-0.1, -0.05) is 23.7 Å². The van der Waals surface area contributed by atoms with Crippen molar-refractivity contribution < 1.29 is 9.53 Å². The molecule has 2 aromatic rings. The monoisotopic (exact) mass is 366 g/mol. The maximum absolute atomic E-state index is 11.9. The number of carbonyl (C=O) groups excluding carboxylic acids is 1. The van der Waals surface area contributed by atoms with Crippen LogP contribution in [0.25, 0.3) is 0 Å². The van der Waals surface area contributed by atoms with E-state index < -0.39 is 0 Å². The SMILES string of the molecule is COc1ccc(/C=N/NC(=O)c2ccccc2Br)cc1Cl. The second-order valence-corrected chi connectivity index (χ2v) is 5.33. The summed E-state index contributed by atoms with van der Waals surface area (Å²) in [5.74, 6) is 0.296. The highest BCUT2D eigenvalue weighted by molar-refractivity contribution is 9.10. The molecule has 2 aromatic carbocycles. The lowest BCUT2D eigenvalue weighted by Crippen LogP contribution is -2.18. The zero-order chi connectivity index (χ0) is 15.2. The number of hydrogen-bond acceptors (Lipinski definition) is 3. The Balaban J connectivity index is 2.04.